The van der Waals surface area contributed by atoms with E-state index in [4.69, 9.17) is 37.4 Å². The molecule has 4 rings (SSSR count). The van der Waals surface area contributed by atoms with E-state index in [0.717, 1.165) is 49.5 Å². The summed E-state index contributed by atoms with van der Waals surface area (Å²) in [6.45, 7) is 3.56. The van der Waals surface area contributed by atoms with Gasteiger partial charge in [-0.15, -0.1) is 0 Å². The number of rotatable bonds is 7. The lowest BCUT2D eigenvalue weighted by Crippen LogP contribution is -2.42. The summed E-state index contributed by atoms with van der Waals surface area (Å²) in [5, 5.41) is 4.03. The molecule has 0 spiro atoms. The van der Waals surface area contributed by atoms with Crippen LogP contribution in [0.15, 0.2) is 36.4 Å². The summed E-state index contributed by atoms with van der Waals surface area (Å²) < 4.78 is 16.7. The molecule has 0 aromatic heterocycles. The third kappa shape index (κ3) is 5.50. The maximum Gasteiger partial charge on any atom is 0.231 e. The molecule has 2 heterocycles. The van der Waals surface area contributed by atoms with E-state index < -0.39 is 0 Å². The van der Waals surface area contributed by atoms with Crippen molar-refractivity contribution in [3.05, 3.63) is 52.0 Å². The number of piperidine rings is 1. The predicted molar refractivity (Wildman–Crippen MR) is 116 cm³/mol. The molecule has 0 atom stereocenters. The second-order valence-electron chi connectivity index (χ2n) is 7.45. The van der Waals surface area contributed by atoms with E-state index in [0.29, 0.717) is 28.8 Å². The van der Waals surface area contributed by atoms with Crippen molar-refractivity contribution in [3.63, 3.8) is 0 Å². The first-order valence-corrected chi connectivity index (χ1v) is 10.8. The molecule has 0 unspecified atom stereocenters. The smallest absolute Gasteiger partial charge is 0.231 e. The first-order chi connectivity index (χ1) is 14.6. The number of fused-ring (bicyclic) bond motifs is 1. The Hall–Kier alpha value is -2.15. The minimum Gasteiger partial charge on any atom is -0.490 e. The van der Waals surface area contributed by atoms with Crippen molar-refractivity contribution in [1.29, 1.82) is 0 Å². The van der Waals surface area contributed by atoms with Gasteiger partial charge in [0.2, 0.25) is 12.7 Å². The van der Waals surface area contributed by atoms with Gasteiger partial charge >= 0.3 is 0 Å². The summed E-state index contributed by atoms with van der Waals surface area (Å²) in [6, 6.07) is 10.9. The highest BCUT2D eigenvalue weighted by molar-refractivity contribution is 6.42. The largest absolute Gasteiger partial charge is 0.490 e. The monoisotopic (exact) mass is 450 g/mol. The predicted octanol–water partition coefficient (Wildman–Crippen LogP) is 3.92. The molecule has 2 aromatic rings. The van der Waals surface area contributed by atoms with E-state index in [9.17, 15) is 4.79 Å². The zero-order chi connectivity index (χ0) is 20.9. The Morgan fingerprint density at radius 1 is 1.07 bits per heavy atom. The molecule has 0 aliphatic carbocycles. The average molecular weight is 451 g/mol. The fourth-order valence-corrected chi connectivity index (χ4v) is 3.93. The molecule has 1 saturated heterocycles. The van der Waals surface area contributed by atoms with Gasteiger partial charge in [0.1, 0.15) is 11.9 Å². The first-order valence-electron chi connectivity index (χ1n) is 10.1. The van der Waals surface area contributed by atoms with Crippen LogP contribution in [0.4, 0.5) is 0 Å². The second-order valence-corrected chi connectivity index (χ2v) is 8.26. The Kier molecular flexibility index (Phi) is 6.87. The summed E-state index contributed by atoms with van der Waals surface area (Å²) in [4.78, 5) is 14.6. The van der Waals surface area contributed by atoms with Crippen molar-refractivity contribution in [2.45, 2.75) is 25.4 Å². The van der Waals surface area contributed by atoms with Crippen LogP contribution in [-0.4, -0.2) is 49.9 Å². The number of carbonyl (C=O) groups is 1. The lowest BCUT2D eigenvalue weighted by molar-refractivity contribution is -0.120. The third-order valence-electron chi connectivity index (χ3n) is 5.28. The second kappa shape index (κ2) is 9.77. The molecular weight excluding hydrogens is 427 g/mol. The number of ether oxygens (including phenoxy) is 3. The lowest BCUT2D eigenvalue weighted by atomic mass is 10.1. The third-order valence-corrected chi connectivity index (χ3v) is 6.02. The van der Waals surface area contributed by atoms with Gasteiger partial charge in [0.25, 0.3) is 0 Å². The molecule has 8 heteroatoms. The van der Waals surface area contributed by atoms with Crippen LogP contribution >= 0.6 is 23.2 Å². The van der Waals surface area contributed by atoms with Gasteiger partial charge in [-0.2, -0.15) is 0 Å². The molecule has 1 fully saturated rings. The average Bonchev–Trinajstić information content (AvgIpc) is 3.20. The molecule has 2 aliphatic heterocycles. The number of carbonyl (C=O) groups excluding carboxylic acids is 1. The summed E-state index contributed by atoms with van der Waals surface area (Å²) in [5.74, 6) is 2.18. The topological polar surface area (TPSA) is 60.0 Å². The maximum absolute atomic E-state index is 12.2. The SMILES string of the molecule is O=C(Cc1ccc2c(c1)OCO2)NCCN1CCC(Oc2ccc(Cl)c(Cl)c2)CC1. The Morgan fingerprint density at radius 3 is 2.67 bits per heavy atom. The Labute approximate surface area is 186 Å². The van der Waals surface area contributed by atoms with E-state index in [1.54, 1.807) is 12.1 Å². The maximum atomic E-state index is 12.2. The van der Waals surface area contributed by atoms with Crippen molar-refractivity contribution >= 4 is 29.1 Å². The van der Waals surface area contributed by atoms with Gasteiger partial charge in [0.15, 0.2) is 11.5 Å². The van der Waals surface area contributed by atoms with Gasteiger partial charge in [-0.05, 0) is 42.7 Å². The summed E-state index contributed by atoms with van der Waals surface area (Å²) in [6.07, 6.45) is 2.37. The molecule has 6 nitrogen and oxygen atoms in total. The van der Waals surface area contributed by atoms with Crippen molar-refractivity contribution in [2.24, 2.45) is 0 Å². The van der Waals surface area contributed by atoms with Crippen molar-refractivity contribution in [3.8, 4) is 17.2 Å². The number of nitrogens with zero attached hydrogens (tertiary/aromatic N) is 1. The Balaban J connectivity index is 1.14. The Morgan fingerprint density at radius 2 is 1.87 bits per heavy atom. The van der Waals surface area contributed by atoms with Crippen LogP contribution in [0.25, 0.3) is 0 Å². The first kappa shape index (κ1) is 21.1. The van der Waals surface area contributed by atoms with E-state index >= 15 is 0 Å². The highest BCUT2D eigenvalue weighted by Crippen LogP contribution is 2.32. The van der Waals surface area contributed by atoms with Gasteiger partial charge in [0.05, 0.1) is 16.5 Å². The van der Waals surface area contributed by atoms with Crippen molar-refractivity contribution in [2.75, 3.05) is 33.0 Å². The minimum atomic E-state index is 0.00621. The van der Waals surface area contributed by atoms with Crippen LogP contribution in [0.2, 0.25) is 10.0 Å². The molecule has 1 N–H and O–H groups in total. The minimum absolute atomic E-state index is 0.00621. The molecule has 160 valence electrons. The van der Waals surface area contributed by atoms with E-state index in [1.807, 2.05) is 24.3 Å². The fraction of sp³-hybridized carbons (Fsp3) is 0.409. The number of hydrogen-bond donors (Lipinski definition) is 1. The zero-order valence-electron chi connectivity index (χ0n) is 16.5. The summed E-state index contributed by atoms with van der Waals surface area (Å²) >= 11 is 12.0. The van der Waals surface area contributed by atoms with E-state index in [-0.39, 0.29) is 18.8 Å². The van der Waals surface area contributed by atoms with E-state index in [2.05, 4.69) is 10.2 Å². The fourth-order valence-electron chi connectivity index (χ4n) is 3.65. The van der Waals surface area contributed by atoms with Crippen LogP contribution in [-0.2, 0) is 11.2 Å². The van der Waals surface area contributed by atoms with Crippen LogP contribution in [0.3, 0.4) is 0 Å². The number of amides is 1. The highest BCUT2D eigenvalue weighted by atomic mass is 35.5. The lowest BCUT2D eigenvalue weighted by Gasteiger charge is -2.32. The van der Waals surface area contributed by atoms with Crippen LogP contribution < -0.4 is 19.5 Å². The molecule has 0 saturated carbocycles. The number of halogens is 2. The molecule has 2 aliphatic rings. The molecule has 0 bridgehead atoms. The number of hydrogen-bond acceptors (Lipinski definition) is 5. The van der Waals surface area contributed by atoms with Crippen molar-refractivity contribution in [1.82, 2.24) is 10.2 Å². The molecule has 2 aromatic carbocycles. The van der Waals surface area contributed by atoms with Crippen LogP contribution in [0.5, 0.6) is 17.2 Å². The van der Waals surface area contributed by atoms with Gasteiger partial charge in [0, 0.05) is 32.2 Å². The number of nitrogens with one attached hydrogen (secondary N) is 1. The normalized spacial score (nSPS) is 16.5. The highest BCUT2D eigenvalue weighted by Gasteiger charge is 2.21. The molecule has 0 radical (unpaired) electrons. The quantitative estimate of drug-likeness (QED) is 0.692. The van der Waals surface area contributed by atoms with E-state index in [1.165, 1.54) is 0 Å². The molecule has 1 amide bonds. The zero-order valence-corrected chi connectivity index (χ0v) is 18.0. The van der Waals surface area contributed by atoms with Crippen LogP contribution in [0, 0.1) is 0 Å². The van der Waals surface area contributed by atoms with Crippen LogP contribution in [0.1, 0.15) is 18.4 Å². The summed E-state index contributed by atoms with van der Waals surface area (Å²) in [5.41, 5.74) is 0.914. The molecular formula is C22H24Cl2N2O4. The Bertz CT molecular complexity index is 901. The molecule has 30 heavy (non-hydrogen) atoms. The van der Waals surface area contributed by atoms with Gasteiger partial charge in [-0.25, -0.2) is 0 Å². The number of benzene rings is 2. The number of likely N-dealkylation sites (tertiary alicyclic amines) is 1. The van der Waals surface area contributed by atoms with Crippen molar-refractivity contribution < 1.29 is 19.0 Å². The summed E-state index contributed by atoms with van der Waals surface area (Å²) in [7, 11) is 0. The van der Waals surface area contributed by atoms with Gasteiger partial charge < -0.3 is 24.4 Å². The van der Waals surface area contributed by atoms with Gasteiger partial charge in [-0.1, -0.05) is 29.3 Å². The standard InChI is InChI=1S/C22H24Cl2N2O4/c23-18-3-2-17(13-19(18)24)30-16-5-8-26(9-6-16)10-7-25-22(27)12-15-1-4-20-21(11-15)29-14-28-20/h1-4,11,13,16H,5-10,12,14H2,(H,25,27). The van der Waals surface area contributed by atoms with Gasteiger partial charge in [-0.3, -0.25) is 4.79 Å².